The summed E-state index contributed by atoms with van der Waals surface area (Å²) >= 11 is 0. The molecule has 0 aliphatic carbocycles. The lowest BCUT2D eigenvalue weighted by Crippen LogP contribution is -2.37. The number of aryl methyl sites for hydroxylation is 1. The predicted octanol–water partition coefficient (Wildman–Crippen LogP) is 1.81. The number of aliphatic hydroxyl groups is 1. The molecule has 0 radical (unpaired) electrons. The molecule has 0 aromatic heterocycles. The van der Waals surface area contributed by atoms with Gasteiger partial charge in [-0.15, -0.1) is 0 Å². The molecule has 106 valence electrons. The molecule has 4 nitrogen and oxygen atoms in total. The Morgan fingerprint density at radius 1 is 1.42 bits per heavy atom. The average Bonchev–Trinajstić information content (AvgIpc) is 2.46. The molecule has 2 rings (SSSR count). The molecule has 4 heteroatoms. The molecule has 1 aliphatic rings. The van der Waals surface area contributed by atoms with E-state index in [-0.39, 0.29) is 0 Å². The van der Waals surface area contributed by atoms with Crippen molar-refractivity contribution in [2.24, 2.45) is 0 Å². The molecule has 1 atom stereocenters. The van der Waals surface area contributed by atoms with Crippen molar-refractivity contribution in [2.45, 2.75) is 31.9 Å². The van der Waals surface area contributed by atoms with Gasteiger partial charge in [0.15, 0.2) is 0 Å². The molecular weight excluding hydrogens is 242 g/mol. The third kappa shape index (κ3) is 3.93. The van der Waals surface area contributed by atoms with Crippen LogP contribution in [-0.2, 0) is 4.74 Å². The number of ether oxygens (including phenoxy) is 2. The molecule has 1 aliphatic heterocycles. The van der Waals surface area contributed by atoms with Gasteiger partial charge in [-0.3, -0.25) is 0 Å². The topological polar surface area (TPSA) is 50.7 Å². The van der Waals surface area contributed by atoms with E-state index in [1.165, 1.54) is 0 Å². The number of nitrogens with one attached hydrogen (secondary N) is 1. The first-order chi connectivity index (χ1) is 9.20. The molecule has 1 heterocycles. The Labute approximate surface area is 114 Å². The lowest BCUT2D eigenvalue weighted by molar-refractivity contribution is 0.0722. The number of benzene rings is 1. The first-order valence-electron chi connectivity index (χ1n) is 6.84. The van der Waals surface area contributed by atoms with Gasteiger partial charge in [0.05, 0.1) is 13.2 Å². The van der Waals surface area contributed by atoms with Gasteiger partial charge < -0.3 is 19.9 Å². The van der Waals surface area contributed by atoms with Gasteiger partial charge >= 0.3 is 0 Å². The van der Waals surface area contributed by atoms with E-state index in [4.69, 9.17) is 9.47 Å². The SMILES string of the molecule is COc1ccc(C)cc1C(O)CNC1CCOCC1. The molecule has 0 spiro atoms. The van der Waals surface area contributed by atoms with Crippen LogP contribution in [0.25, 0.3) is 0 Å². The lowest BCUT2D eigenvalue weighted by Gasteiger charge is -2.25. The summed E-state index contributed by atoms with van der Waals surface area (Å²) in [6, 6.07) is 6.32. The molecule has 0 bridgehead atoms. The molecule has 1 aromatic carbocycles. The summed E-state index contributed by atoms with van der Waals surface area (Å²) < 4.78 is 10.6. The fourth-order valence-corrected chi connectivity index (χ4v) is 2.40. The van der Waals surface area contributed by atoms with E-state index in [1.807, 2.05) is 25.1 Å². The van der Waals surface area contributed by atoms with Crippen LogP contribution in [0.4, 0.5) is 0 Å². The Bertz CT molecular complexity index is 402. The van der Waals surface area contributed by atoms with E-state index in [0.717, 1.165) is 42.9 Å². The van der Waals surface area contributed by atoms with Crippen LogP contribution >= 0.6 is 0 Å². The van der Waals surface area contributed by atoms with Gasteiger partial charge in [0, 0.05) is 31.4 Å². The molecular formula is C15H23NO3. The van der Waals surface area contributed by atoms with Gasteiger partial charge in [0.1, 0.15) is 5.75 Å². The summed E-state index contributed by atoms with van der Waals surface area (Å²) in [5.41, 5.74) is 1.97. The average molecular weight is 265 g/mol. The van der Waals surface area contributed by atoms with E-state index in [1.54, 1.807) is 7.11 Å². The van der Waals surface area contributed by atoms with E-state index >= 15 is 0 Å². The van der Waals surface area contributed by atoms with Crippen molar-refractivity contribution >= 4 is 0 Å². The van der Waals surface area contributed by atoms with Crippen molar-refractivity contribution in [3.05, 3.63) is 29.3 Å². The summed E-state index contributed by atoms with van der Waals surface area (Å²) in [5.74, 6) is 0.742. The van der Waals surface area contributed by atoms with E-state index in [0.29, 0.717) is 12.6 Å². The minimum Gasteiger partial charge on any atom is -0.496 e. The van der Waals surface area contributed by atoms with Crippen molar-refractivity contribution < 1.29 is 14.6 Å². The van der Waals surface area contributed by atoms with Gasteiger partial charge in [-0.05, 0) is 31.9 Å². The van der Waals surface area contributed by atoms with Gasteiger partial charge in [-0.25, -0.2) is 0 Å². The monoisotopic (exact) mass is 265 g/mol. The number of hydrogen-bond acceptors (Lipinski definition) is 4. The summed E-state index contributed by atoms with van der Waals surface area (Å²) in [6.45, 7) is 4.18. The smallest absolute Gasteiger partial charge is 0.124 e. The molecule has 0 saturated carbocycles. The zero-order valence-corrected chi connectivity index (χ0v) is 11.7. The maximum absolute atomic E-state index is 10.3. The highest BCUT2D eigenvalue weighted by Gasteiger charge is 2.17. The van der Waals surface area contributed by atoms with E-state index in [9.17, 15) is 5.11 Å². The molecule has 1 aromatic rings. The third-order valence-electron chi connectivity index (χ3n) is 3.57. The molecule has 19 heavy (non-hydrogen) atoms. The second-order valence-electron chi connectivity index (χ2n) is 5.06. The predicted molar refractivity (Wildman–Crippen MR) is 74.5 cm³/mol. The molecule has 0 amide bonds. The van der Waals surface area contributed by atoms with Crippen LogP contribution in [0.1, 0.15) is 30.1 Å². The molecule has 2 N–H and O–H groups in total. The Morgan fingerprint density at radius 2 is 2.16 bits per heavy atom. The van der Waals surface area contributed by atoms with Gasteiger partial charge in [0.25, 0.3) is 0 Å². The van der Waals surface area contributed by atoms with Crippen LogP contribution in [0.15, 0.2) is 18.2 Å². The van der Waals surface area contributed by atoms with Crippen LogP contribution in [0.3, 0.4) is 0 Å². The maximum Gasteiger partial charge on any atom is 0.124 e. The highest BCUT2D eigenvalue weighted by atomic mass is 16.5. The second kappa shape index (κ2) is 6.89. The lowest BCUT2D eigenvalue weighted by atomic mass is 10.0. The highest BCUT2D eigenvalue weighted by Crippen LogP contribution is 2.26. The van der Waals surface area contributed by atoms with Crippen LogP contribution < -0.4 is 10.1 Å². The van der Waals surface area contributed by atoms with Gasteiger partial charge in [0.2, 0.25) is 0 Å². The first-order valence-corrected chi connectivity index (χ1v) is 6.84. The number of hydrogen-bond donors (Lipinski definition) is 2. The fraction of sp³-hybridized carbons (Fsp3) is 0.600. The summed E-state index contributed by atoms with van der Waals surface area (Å²) in [4.78, 5) is 0. The van der Waals surface area contributed by atoms with Gasteiger partial charge in [-0.2, -0.15) is 0 Å². The highest BCUT2D eigenvalue weighted by molar-refractivity contribution is 5.38. The third-order valence-corrected chi connectivity index (χ3v) is 3.57. The Kier molecular flexibility index (Phi) is 5.19. The number of aliphatic hydroxyl groups excluding tert-OH is 1. The van der Waals surface area contributed by atoms with Crippen molar-refractivity contribution in [2.75, 3.05) is 26.9 Å². The van der Waals surface area contributed by atoms with Crippen molar-refractivity contribution in [3.63, 3.8) is 0 Å². The number of rotatable bonds is 5. The zero-order chi connectivity index (χ0) is 13.7. The summed E-state index contributed by atoms with van der Waals surface area (Å²) in [5, 5.41) is 13.7. The summed E-state index contributed by atoms with van der Waals surface area (Å²) in [7, 11) is 1.63. The molecule has 1 fully saturated rings. The normalized spacial score (nSPS) is 18.3. The van der Waals surface area contributed by atoms with Crippen LogP contribution in [0.2, 0.25) is 0 Å². The Morgan fingerprint density at radius 3 is 2.84 bits per heavy atom. The van der Waals surface area contributed by atoms with Crippen LogP contribution in [0.5, 0.6) is 5.75 Å². The Balaban J connectivity index is 1.94. The molecule has 1 unspecified atom stereocenters. The van der Waals surface area contributed by atoms with Crippen molar-refractivity contribution in [1.82, 2.24) is 5.32 Å². The first kappa shape index (κ1) is 14.3. The largest absolute Gasteiger partial charge is 0.496 e. The summed E-state index contributed by atoms with van der Waals surface area (Å²) in [6.07, 6.45) is 1.48. The quantitative estimate of drug-likeness (QED) is 0.852. The maximum atomic E-state index is 10.3. The fourth-order valence-electron chi connectivity index (χ4n) is 2.40. The van der Waals surface area contributed by atoms with E-state index < -0.39 is 6.10 Å². The van der Waals surface area contributed by atoms with Gasteiger partial charge in [-0.1, -0.05) is 11.6 Å². The molecule has 1 saturated heterocycles. The minimum atomic E-state index is -0.544. The van der Waals surface area contributed by atoms with Crippen molar-refractivity contribution in [1.29, 1.82) is 0 Å². The number of methoxy groups -OCH3 is 1. The van der Waals surface area contributed by atoms with Crippen LogP contribution in [-0.4, -0.2) is 38.0 Å². The van der Waals surface area contributed by atoms with Crippen LogP contribution in [0, 0.1) is 6.92 Å². The van der Waals surface area contributed by atoms with Crippen molar-refractivity contribution in [3.8, 4) is 5.75 Å². The van der Waals surface area contributed by atoms with E-state index in [2.05, 4.69) is 5.32 Å². The Hall–Kier alpha value is -1.10. The zero-order valence-electron chi connectivity index (χ0n) is 11.7. The second-order valence-corrected chi connectivity index (χ2v) is 5.06. The standard InChI is InChI=1S/C15H23NO3/c1-11-3-4-15(18-2)13(9-11)14(17)10-16-12-5-7-19-8-6-12/h3-4,9,12,14,16-17H,5-8,10H2,1-2H3. The minimum absolute atomic E-state index is 0.444.